The fourth-order valence-corrected chi connectivity index (χ4v) is 1.92. The van der Waals surface area contributed by atoms with Gasteiger partial charge in [-0.05, 0) is 13.0 Å². The number of ether oxygens (including phenoxy) is 1. The van der Waals surface area contributed by atoms with Crippen LogP contribution in [0.15, 0.2) is 35.9 Å². The molecule has 1 aromatic heterocycles. The number of rotatable bonds is 0. The normalized spacial score (nSPS) is 21.2. The van der Waals surface area contributed by atoms with Crippen LogP contribution in [0.1, 0.15) is 27.2 Å². The quantitative estimate of drug-likeness (QED) is 0.748. The van der Waals surface area contributed by atoms with Crippen LogP contribution in [0.4, 0.5) is 0 Å². The van der Waals surface area contributed by atoms with Gasteiger partial charge in [-0.25, -0.2) is 4.68 Å². The van der Waals surface area contributed by atoms with Crippen molar-refractivity contribution >= 4 is 0 Å². The molecule has 0 bridgehead atoms. The Morgan fingerprint density at radius 3 is 3.12 bits per heavy atom. The van der Waals surface area contributed by atoms with E-state index < -0.39 is 0 Å². The van der Waals surface area contributed by atoms with Gasteiger partial charge in [-0.15, -0.1) is 0 Å². The molecule has 3 heterocycles. The van der Waals surface area contributed by atoms with Crippen LogP contribution < -0.4 is 10.1 Å². The highest BCUT2D eigenvalue weighted by Crippen LogP contribution is 2.24. The summed E-state index contributed by atoms with van der Waals surface area (Å²) in [7, 11) is 0. The molecule has 0 spiro atoms. The van der Waals surface area contributed by atoms with Gasteiger partial charge in [0.25, 0.3) is 0 Å². The first-order valence-electron chi connectivity index (χ1n) is 6.20. The van der Waals surface area contributed by atoms with Crippen molar-refractivity contribution < 1.29 is 4.74 Å². The van der Waals surface area contributed by atoms with Crippen LogP contribution in [0.2, 0.25) is 0 Å². The molecule has 3 rings (SSSR count). The van der Waals surface area contributed by atoms with E-state index in [1.54, 1.807) is 6.20 Å². The summed E-state index contributed by atoms with van der Waals surface area (Å²) in [5.41, 5.74) is 1.18. The van der Waals surface area contributed by atoms with E-state index in [0.717, 1.165) is 24.6 Å². The van der Waals surface area contributed by atoms with Crippen LogP contribution in [0, 0.1) is 0 Å². The topological polar surface area (TPSA) is 39.1 Å². The van der Waals surface area contributed by atoms with Gasteiger partial charge in [-0.2, -0.15) is 5.10 Å². The predicted molar refractivity (Wildman–Crippen MR) is 67.6 cm³/mol. The first-order valence-corrected chi connectivity index (χ1v) is 6.20. The Morgan fingerprint density at radius 2 is 2.29 bits per heavy atom. The standard InChI is InChI=1S/C11H13N3O.C2H6/c1-8-2-3-10-9(13-8)5-7-14-11(15-10)4-6-12-14;1-2/h2-4,6,8,13H,5,7H2,1H3;1-2H3. The van der Waals surface area contributed by atoms with Gasteiger partial charge in [0.15, 0.2) is 0 Å². The van der Waals surface area contributed by atoms with Crippen LogP contribution in [-0.4, -0.2) is 15.8 Å². The van der Waals surface area contributed by atoms with Gasteiger partial charge < -0.3 is 10.1 Å². The van der Waals surface area contributed by atoms with Crippen LogP contribution in [-0.2, 0) is 6.54 Å². The molecule has 1 unspecified atom stereocenters. The minimum atomic E-state index is 0.387. The van der Waals surface area contributed by atoms with Crippen molar-refractivity contribution in [3.05, 3.63) is 35.9 Å². The molecule has 0 amide bonds. The highest BCUT2D eigenvalue weighted by molar-refractivity contribution is 5.30. The predicted octanol–water partition coefficient (Wildman–Crippen LogP) is 2.45. The summed E-state index contributed by atoms with van der Waals surface area (Å²) in [6, 6.07) is 2.28. The molecule has 2 aliphatic heterocycles. The molecule has 1 N–H and O–H groups in total. The van der Waals surface area contributed by atoms with E-state index in [9.17, 15) is 0 Å². The highest BCUT2D eigenvalue weighted by Gasteiger charge is 2.19. The maximum atomic E-state index is 5.78. The Labute approximate surface area is 102 Å². The summed E-state index contributed by atoms with van der Waals surface area (Å²) in [6.45, 7) is 7.00. The van der Waals surface area contributed by atoms with E-state index in [2.05, 4.69) is 23.4 Å². The summed E-state index contributed by atoms with van der Waals surface area (Å²) in [5, 5.41) is 7.62. The molecule has 0 saturated heterocycles. The number of aromatic nitrogens is 2. The first kappa shape index (κ1) is 11.8. The summed E-state index contributed by atoms with van der Waals surface area (Å²) >= 11 is 0. The lowest BCUT2D eigenvalue weighted by molar-refractivity contribution is 0.392. The second kappa shape index (κ2) is 5.08. The molecule has 0 fully saturated rings. The molecule has 2 aliphatic rings. The van der Waals surface area contributed by atoms with E-state index in [-0.39, 0.29) is 0 Å². The number of nitrogens with zero attached hydrogens (tertiary/aromatic N) is 2. The Balaban J connectivity index is 0.000000514. The molecular weight excluding hydrogens is 214 g/mol. The SMILES string of the molecule is CC.CC1C=CC2=C(CCn3nccc3O2)N1. The molecule has 0 aliphatic carbocycles. The molecule has 4 heteroatoms. The average molecular weight is 233 g/mol. The van der Waals surface area contributed by atoms with Crippen molar-refractivity contribution in [3.63, 3.8) is 0 Å². The van der Waals surface area contributed by atoms with Crippen molar-refractivity contribution in [1.29, 1.82) is 0 Å². The van der Waals surface area contributed by atoms with Gasteiger partial charge in [-0.3, -0.25) is 0 Å². The number of fused-ring (bicyclic) bond motifs is 1. The Kier molecular flexibility index (Phi) is 3.52. The fraction of sp³-hybridized carbons (Fsp3) is 0.462. The summed E-state index contributed by atoms with van der Waals surface area (Å²) in [5.74, 6) is 1.74. The van der Waals surface area contributed by atoms with Crippen LogP contribution >= 0.6 is 0 Å². The fourth-order valence-electron chi connectivity index (χ4n) is 1.92. The zero-order chi connectivity index (χ0) is 12.3. The lowest BCUT2D eigenvalue weighted by Crippen LogP contribution is -2.28. The smallest absolute Gasteiger partial charge is 0.217 e. The average Bonchev–Trinajstić information content (AvgIpc) is 2.73. The van der Waals surface area contributed by atoms with Gasteiger partial charge in [0.2, 0.25) is 5.88 Å². The number of aryl methyl sites for hydroxylation is 1. The summed E-state index contributed by atoms with van der Waals surface area (Å²) in [6.07, 6.45) is 6.85. The van der Waals surface area contributed by atoms with Crippen molar-refractivity contribution in [2.75, 3.05) is 0 Å². The van der Waals surface area contributed by atoms with Crippen LogP contribution in [0.5, 0.6) is 5.88 Å². The van der Waals surface area contributed by atoms with E-state index in [1.165, 1.54) is 5.70 Å². The lowest BCUT2D eigenvalue weighted by atomic mass is 10.1. The monoisotopic (exact) mass is 233 g/mol. The third-order valence-corrected chi connectivity index (χ3v) is 2.70. The van der Waals surface area contributed by atoms with Crippen molar-refractivity contribution in [1.82, 2.24) is 15.1 Å². The number of dihydropyridines is 1. The molecular formula is C13H19N3O. The molecule has 92 valence electrons. The van der Waals surface area contributed by atoms with Crippen LogP contribution in [0.3, 0.4) is 0 Å². The van der Waals surface area contributed by atoms with Gasteiger partial charge in [0.05, 0.1) is 18.4 Å². The molecule has 0 saturated carbocycles. The van der Waals surface area contributed by atoms with Crippen molar-refractivity contribution in [2.45, 2.75) is 39.8 Å². The van der Waals surface area contributed by atoms with E-state index in [4.69, 9.17) is 4.74 Å². The second-order valence-corrected chi connectivity index (χ2v) is 3.88. The Morgan fingerprint density at radius 1 is 1.47 bits per heavy atom. The summed E-state index contributed by atoms with van der Waals surface area (Å²) in [4.78, 5) is 0. The maximum absolute atomic E-state index is 5.78. The highest BCUT2D eigenvalue weighted by atomic mass is 16.5. The minimum absolute atomic E-state index is 0.387. The van der Waals surface area contributed by atoms with Crippen molar-refractivity contribution in [3.8, 4) is 5.88 Å². The Bertz CT molecular complexity index is 445. The molecule has 1 atom stereocenters. The third kappa shape index (κ3) is 2.35. The zero-order valence-corrected chi connectivity index (χ0v) is 10.6. The Hall–Kier alpha value is -1.71. The van der Waals surface area contributed by atoms with Crippen molar-refractivity contribution in [2.24, 2.45) is 0 Å². The van der Waals surface area contributed by atoms with E-state index >= 15 is 0 Å². The second-order valence-electron chi connectivity index (χ2n) is 3.88. The molecule has 17 heavy (non-hydrogen) atoms. The summed E-state index contributed by atoms with van der Waals surface area (Å²) < 4.78 is 7.67. The van der Waals surface area contributed by atoms with Gasteiger partial charge in [0, 0.05) is 18.5 Å². The molecule has 0 radical (unpaired) electrons. The van der Waals surface area contributed by atoms with Gasteiger partial charge in [0.1, 0.15) is 5.76 Å². The molecule has 1 aromatic rings. The van der Waals surface area contributed by atoms with E-state index in [0.29, 0.717) is 6.04 Å². The number of hydrogen-bond donors (Lipinski definition) is 1. The van der Waals surface area contributed by atoms with E-state index in [1.807, 2.05) is 30.7 Å². The number of nitrogens with one attached hydrogen (secondary N) is 1. The maximum Gasteiger partial charge on any atom is 0.217 e. The van der Waals surface area contributed by atoms with Crippen LogP contribution in [0.25, 0.3) is 0 Å². The zero-order valence-electron chi connectivity index (χ0n) is 10.6. The number of allylic oxidation sites excluding steroid dienone is 2. The first-order chi connectivity index (χ1) is 8.33. The lowest BCUT2D eigenvalue weighted by Gasteiger charge is -2.20. The largest absolute Gasteiger partial charge is 0.437 e. The molecule has 4 nitrogen and oxygen atoms in total. The van der Waals surface area contributed by atoms with Gasteiger partial charge in [-0.1, -0.05) is 19.9 Å². The molecule has 0 aromatic carbocycles. The van der Waals surface area contributed by atoms with Gasteiger partial charge >= 0.3 is 0 Å². The minimum Gasteiger partial charge on any atom is -0.437 e. The third-order valence-electron chi connectivity index (χ3n) is 2.70. The number of hydrogen-bond acceptors (Lipinski definition) is 3.